The molecule has 2 N–H and O–H groups in total. The van der Waals surface area contributed by atoms with E-state index in [1.165, 1.54) is 50.8 Å². The fourth-order valence-electron chi connectivity index (χ4n) is 6.36. The van der Waals surface area contributed by atoms with Crippen LogP contribution in [0.2, 0.25) is 0 Å². The Morgan fingerprint density at radius 3 is 2.30 bits per heavy atom. The molecule has 6 rings (SSSR count). The molecule has 2 saturated carbocycles. The molecule has 2 saturated heterocycles. The normalized spacial score (nSPS) is 25.9. The van der Waals surface area contributed by atoms with E-state index in [0.29, 0.717) is 17.0 Å². The number of rotatable bonds is 5. The molecule has 0 bridgehead atoms. The summed E-state index contributed by atoms with van der Waals surface area (Å²) in [6, 6.07) is 18.4. The van der Waals surface area contributed by atoms with Crippen LogP contribution in [0.15, 0.2) is 48.5 Å². The van der Waals surface area contributed by atoms with Gasteiger partial charge in [-0.05, 0) is 86.4 Å². The predicted octanol–water partition coefficient (Wildman–Crippen LogP) is 4.47. The van der Waals surface area contributed by atoms with Gasteiger partial charge in [-0.1, -0.05) is 24.3 Å². The minimum absolute atomic E-state index is 0.355. The quantitative estimate of drug-likeness (QED) is 0.804. The molecule has 4 fully saturated rings. The van der Waals surface area contributed by atoms with Gasteiger partial charge in [-0.15, -0.1) is 0 Å². The maximum Gasteiger partial charge on any atom is 0.248 e. The van der Waals surface area contributed by atoms with Crippen LogP contribution >= 0.6 is 0 Å². The molecule has 2 aliphatic heterocycles. The summed E-state index contributed by atoms with van der Waals surface area (Å²) in [5, 5.41) is 0. The van der Waals surface area contributed by atoms with Gasteiger partial charge < -0.3 is 10.6 Å². The summed E-state index contributed by atoms with van der Waals surface area (Å²) in [6.45, 7) is 3.57. The Morgan fingerprint density at radius 1 is 0.933 bits per heavy atom. The highest BCUT2D eigenvalue weighted by Gasteiger charge is 2.55. The van der Waals surface area contributed by atoms with Crippen LogP contribution in [0.1, 0.15) is 72.0 Å². The Bertz CT molecular complexity index is 950. The number of primary amides is 1. The number of carbonyl (C=O) groups excluding carboxylic acids is 1. The van der Waals surface area contributed by atoms with Crippen LogP contribution in [0, 0.1) is 5.41 Å². The standard InChI is InChI=1S/C26H31N3O/c27-25(30)19-9-11-20(12-10-19)28-16-26(17-28)14-21(15-26)29-13-3-6-24(29)23-5-2-1-4-22(23)18-7-8-18/h1-2,4-5,9-12,18,21,24H,3,6-8,13-17H2,(H2,27,30)/t24-/m0/s1. The number of nitrogens with zero attached hydrogens (tertiary/aromatic N) is 2. The highest BCUT2D eigenvalue weighted by molar-refractivity contribution is 5.93. The summed E-state index contributed by atoms with van der Waals surface area (Å²) in [7, 11) is 0. The zero-order valence-corrected chi connectivity index (χ0v) is 17.6. The van der Waals surface area contributed by atoms with Gasteiger partial charge in [0.05, 0.1) is 0 Å². The fraction of sp³-hybridized carbons (Fsp3) is 0.500. The zero-order chi connectivity index (χ0) is 20.3. The molecule has 0 aromatic heterocycles. The maximum absolute atomic E-state index is 11.3. The van der Waals surface area contributed by atoms with Crippen molar-refractivity contribution >= 4 is 11.6 Å². The van der Waals surface area contributed by atoms with Gasteiger partial charge >= 0.3 is 0 Å². The van der Waals surface area contributed by atoms with Crippen LogP contribution < -0.4 is 10.6 Å². The second-order valence-electron chi connectivity index (χ2n) is 10.1. The largest absolute Gasteiger partial charge is 0.370 e. The molecule has 4 heteroatoms. The van der Waals surface area contributed by atoms with Crippen molar-refractivity contribution in [3.63, 3.8) is 0 Å². The van der Waals surface area contributed by atoms with Gasteiger partial charge in [0.2, 0.25) is 5.91 Å². The van der Waals surface area contributed by atoms with Gasteiger partial charge in [0, 0.05) is 41.8 Å². The summed E-state index contributed by atoms with van der Waals surface area (Å²) in [5.74, 6) is 0.476. The molecular weight excluding hydrogens is 370 g/mol. The monoisotopic (exact) mass is 401 g/mol. The number of amides is 1. The molecule has 4 nitrogen and oxygen atoms in total. The van der Waals surface area contributed by atoms with Crippen LogP contribution in [0.4, 0.5) is 5.69 Å². The molecule has 2 heterocycles. The second-order valence-corrected chi connectivity index (χ2v) is 10.1. The molecule has 0 unspecified atom stereocenters. The molecule has 1 amide bonds. The van der Waals surface area contributed by atoms with E-state index in [2.05, 4.69) is 34.1 Å². The number of carbonyl (C=O) groups is 1. The van der Waals surface area contributed by atoms with Crippen LogP contribution in [-0.4, -0.2) is 36.5 Å². The van der Waals surface area contributed by atoms with Crippen molar-refractivity contribution in [1.82, 2.24) is 4.90 Å². The van der Waals surface area contributed by atoms with Gasteiger partial charge in [-0.2, -0.15) is 0 Å². The molecule has 30 heavy (non-hydrogen) atoms. The molecule has 2 aliphatic carbocycles. The second kappa shape index (κ2) is 6.84. The SMILES string of the molecule is NC(=O)c1ccc(N2CC3(CC(N4CCC[C@H]4c4ccccc4C4CC4)C3)C2)cc1. The molecule has 1 spiro atoms. The number of hydrogen-bond donors (Lipinski definition) is 1. The van der Waals surface area contributed by atoms with E-state index in [1.807, 2.05) is 24.3 Å². The average molecular weight is 402 g/mol. The summed E-state index contributed by atoms with van der Waals surface area (Å²) >= 11 is 0. The minimum atomic E-state index is -0.355. The number of nitrogens with two attached hydrogens (primary N) is 1. The van der Waals surface area contributed by atoms with Crippen LogP contribution in [0.25, 0.3) is 0 Å². The first-order valence-corrected chi connectivity index (χ1v) is 11.6. The molecule has 0 radical (unpaired) electrons. The van der Waals surface area contributed by atoms with Gasteiger partial charge in [-0.3, -0.25) is 9.69 Å². The fourth-order valence-corrected chi connectivity index (χ4v) is 6.36. The maximum atomic E-state index is 11.3. The molecule has 2 aromatic rings. The van der Waals surface area contributed by atoms with E-state index < -0.39 is 0 Å². The average Bonchev–Trinajstić information content (AvgIpc) is 3.44. The van der Waals surface area contributed by atoms with E-state index in [-0.39, 0.29) is 5.91 Å². The lowest BCUT2D eigenvalue weighted by Crippen LogP contribution is -2.66. The van der Waals surface area contributed by atoms with Crippen molar-refractivity contribution in [2.24, 2.45) is 11.1 Å². The molecule has 4 aliphatic rings. The first-order chi connectivity index (χ1) is 14.6. The van der Waals surface area contributed by atoms with Crippen molar-refractivity contribution in [1.29, 1.82) is 0 Å². The Kier molecular flexibility index (Phi) is 4.21. The van der Waals surface area contributed by atoms with Crippen molar-refractivity contribution in [3.8, 4) is 0 Å². The summed E-state index contributed by atoms with van der Waals surface area (Å²) in [5.41, 5.74) is 10.9. The topological polar surface area (TPSA) is 49.6 Å². The Hall–Kier alpha value is -2.33. The van der Waals surface area contributed by atoms with E-state index in [0.717, 1.165) is 25.0 Å². The van der Waals surface area contributed by atoms with Crippen LogP contribution in [0.3, 0.4) is 0 Å². The third kappa shape index (κ3) is 3.04. The van der Waals surface area contributed by atoms with Crippen molar-refractivity contribution in [2.75, 3.05) is 24.5 Å². The lowest BCUT2D eigenvalue weighted by atomic mass is 9.60. The van der Waals surface area contributed by atoms with E-state index >= 15 is 0 Å². The summed E-state index contributed by atoms with van der Waals surface area (Å²) in [4.78, 5) is 16.6. The third-order valence-electron chi connectivity index (χ3n) is 8.04. The molecule has 156 valence electrons. The lowest BCUT2D eigenvalue weighted by molar-refractivity contribution is -0.0256. The van der Waals surface area contributed by atoms with Gasteiger partial charge in [0.15, 0.2) is 0 Å². The third-order valence-corrected chi connectivity index (χ3v) is 8.04. The highest BCUT2D eigenvalue weighted by Crippen LogP contribution is 2.54. The zero-order valence-electron chi connectivity index (χ0n) is 17.6. The first kappa shape index (κ1) is 18.4. The van der Waals surface area contributed by atoms with Crippen molar-refractivity contribution < 1.29 is 4.79 Å². The van der Waals surface area contributed by atoms with E-state index in [1.54, 1.807) is 11.1 Å². The first-order valence-electron chi connectivity index (χ1n) is 11.6. The summed E-state index contributed by atoms with van der Waals surface area (Å²) in [6.07, 6.45) is 8.10. The van der Waals surface area contributed by atoms with E-state index in [4.69, 9.17) is 5.73 Å². The van der Waals surface area contributed by atoms with Crippen molar-refractivity contribution in [2.45, 2.75) is 56.5 Å². The smallest absolute Gasteiger partial charge is 0.248 e. The highest BCUT2D eigenvalue weighted by atomic mass is 16.1. The van der Waals surface area contributed by atoms with Gasteiger partial charge in [0.25, 0.3) is 0 Å². The number of anilines is 1. The molecule has 2 aromatic carbocycles. The number of benzene rings is 2. The predicted molar refractivity (Wildman–Crippen MR) is 120 cm³/mol. The minimum Gasteiger partial charge on any atom is -0.370 e. The lowest BCUT2D eigenvalue weighted by Gasteiger charge is -2.62. The van der Waals surface area contributed by atoms with Crippen molar-refractivity contribution in [3.05, 3.63) is 65.2 Å². The van der Waals surface area contributed by atoms with Crippen LogP contribution in [-0.2, 0) is 0 Å². The molecule has 1 atom stereocenters. The Morgan fingerprint density at radius 2 is 1.63 bits per heavy atom. The van der Waals surface area contributed by atoms with Gasteiger partial charge in [-0.25, -0.2) is 0 Å². The Labute approximate surface area is 179 Å². The van der Waals surface area contributed by atoms with Crippen LogP contribution in [0.5, 0.6) is 0 Å². The molecular formula is C26H31N3O. The van der Waals surface area contributed by atoms with E-state index in [9.17, 15) is 4.79 Å². The number of hydrogen-bond acceptors (Lipinski definition) is 3. The Balaban J connectivity index is 1.10. The number of likely N-dealkylation sites (tertiary alicyclic amines) is 1. The summed E-state index contributed by atoms with van der Waals surface area (Å²) < 4.78 is 0. The van der Waals surface area contributed by atoms with Gasteiger partial charge in [0.1, 0.15) is 0 Å².